The normalized spacial score (nSPS) is 25.0. The highest BCUT2D eigenvalue weighted by atomic mass is 16.5. The highest BCUT2D eigenvalue weighted by Gasteiger charge is 2.33. The van der Waals surface area contributed by atoms with Gasteiger partial charge in [-0.1, -0.05) is 34.1 Å². The summed E-state index contributed by atoms with van der Waals surface area (Å²) in [5.41, 5.74) is 4.67. The van der Waals surface area contributed by atoms with Crippen LogP contribution >= 0.6 is 0 Å². The van der Waals surface area contributed by atoms with Crippen LogP contribution in [0.1, 0.15) is 77.7 Å². The number of ether oxygens (including phenoxy) is 2. The summed E-state index contributed by atoms with van der Waals surface area (Å²) in [7, 11) is 1.84. The van der Waals surface area contributed by atoms with Crippen molar-refractivity contribution >= 4 is 11.4 Å². The Labute approximate surface area is 208 Å². The van der Waals surface area contributed by atoms with E-state index in [4.69, 9.17) is 9.47 Å². The molecular formula is C29H49N3O2. The van der Waals surface area contributed by atoms with Gasteiger partial charge in [0.05, 0.1) is 26.0 Å². The molecule has 192 valence electrons. The van der Waals surface area contributed by atoms with E-state index in [0.29, 0.717) is 11.3 Å². The fourth-order valence-electron chi connectivity index (χ4n) is 6.25. The maximum absolute atomic E-state index is 6.00. The highest BCUT2D eigenvalue weighted by Crippen LogP contribution is 2.47. The first-order valence-electron chi connectivity index (χ1n) is 13.9. The minimum Gasteiger partial charge on any atom is -0.495 e. The Morgan fingerprint density at radius 1 is 0.882 bits per heavy atom. The van der Waals surface area contributed by atoms with Crippen molar-refractivity contribution in [2.75, 3.05) is 75.9 Å². The summed E-state index contributed by atoms with van der Waals surface area (Å²) in [5.74, 6) is 2.52. The first-order chi connectivity index (χ1) is 16.4. The third-order valence-electron chi connectivity index (χ3n) is 8.61. The highest BCUT2D eigenvalue weighted by molar-refractivity contribution is 5.71. The second-order valence-electron chi connectivity index (χ2n) is 11.8. The van der Waals surface area contributed by atoms with Crippen molar-refractivity contribution in [2.24, 2.45) is 11.3 Å². The summed E-state index contributed by atoms with van der Waals surface area (Å²) in [6, 6.07) is 4.88. The zero-order chi connectivity index (χ0) is 24.1. The number of anilines is 2. The average molecular weight is 472 g/mol. The van der Waals surface area contributed by atoms with Crippen LogP contribution < -0.4 is 14.5 Å². The fourth-order valence-corrected chi connectivity index (χ4v) is 6.25. The SMILES string of the molecule is CCCCN1CCN(c2cc(N3CCOCC3)c(OC)cc2C2CCC(C(C)(C)C)CC2)CC1. The quantitative estimate of drug-likeness (QED) is 0.503. The lowest BCUT2D eigenvalue weighted by Gasteiger charge is -2.41. The number of rotatable bonds is 7. The van der Waals surface area contributed by atoms with Gasteiger partial charge in [0, 0.05) is 45.0 Å². The average Bonchev–Trinajstić information content (AvgIpc) is 2.87. The van der Waals surface area contributed by atoms with Crippen LogP contribution in [0, 0.1) is 11.3 Å². The Hall–Kier alpha value is -1.46. The Bertz CT molecular complexity index is 768. The van der Waals surface area contributed by atoms with E-state index in [1.165, 1.54) is 75.1 Å². The zero-order valence-corrected chi connectivity index (χ0v) is 22.6. The van der Waals surface area contributed by atoms with E-state index in [-0.39, 0.29) is 0 Å². The van der Waals surface area contributed by atoms with Crippen LogP contribution in [0.15, 0.2) is 12.1 Å². The van der Waals surface area contributed by atoms with Crippen molar-refractivity contribution in [3.63, 3.8) is 0 Å². The Balaban J connectivity index is 1.60. The molecule has 5 nitrogen and oxygen atoms in total. The summed E-state index contributed by atoms with van der Waals surface area (Å²) in [6.07, 6.45) is 7.86. The molecule has 2 heterocycles. The maximum atomic E-state index is 6.00. The molecule has 0 spiro atoms. The van der Waals surface area contributed by atoms with E-state index in [9.17, 15) is 0 Å². The van der Waals surface area contributed by atoms with Gasteiger partial charge in [0.1, 0.15) is 5.75 Å². The van der Waals surface area contributed by atoms with Gasteiger partial charge in [-0.15, -0.1) is 0 Å². The van der Waals surface area contributed by atoms with Gasteiger partial charge in [0.2, 0.25) is 0 Å². The van der Waals surface area contributed by atoms with E-state index >= 15 is 0 Å². The minimum absolute atomic E-state index is 0.417. The van der Waals surface area contributed by atoms with E-state index in [1.54, 1.807) is 0 Å². The summed E-state index contributed by atoms with van der Waals surface area (Å²) >= 11 is 0. The smallest absolute Gasteiger partial charge is 0.142 e. The second-order valence-corrected chi connectivity index (χ2v) is 11.8. The molecule has 4 rings (SSSR count). The lowest BCUT2D eigenvalue weighted by molar-refractivity contribution is 0.122. The van der Waals surface area contributed by atoms with Gasteiger partial charge in [-0.25, -0.2) is 0 Å². The molecule has 0 amide bonds. The van der Waals surface area contributed by atoms with Crippen molar-refractivity contribution < 1.29 is 9.47 Å². The topological polar surface area (TPSA) is 28.2 Å². The molecule has 1 aliphatic carbocycles. The third-order valence-corrected chi connectivity index (χ3v) is 8.61. The molecule has 34 heavy (non-hydrogen) atoms. The lowest BCUT2D eigenvalue weighted by atomic mass is 9.68. The minimum atomic E-state index is 0.417. The van der Waals surface area contributed by atoms with E-state index < -0.39 is 0 Å². The number of hydrogen-bond acceptors (Lipinski definition) is 5. The van der Waals surface area contributed by atoms with E-state index in [2.05, 4.69) is 54.5 Å². The van der Waals surface area contributed by atoms with Crippen LogP contribution in [-0.2, 0) is 4.74 Å². The molecule has 3 aliphatic rings. The molecule has 0 aromatic heterocycles. The van der Waals surface area contributed by atoms with Gasteiger partial charge in [0.15, 0.2) is 0 Å². The largest absolute Gasteiger partial charge is 0.495 e. The number of unbranched alkanes of at least 4 members (excludes halogenated alkanes) is 1. The number of hydrogen-bond donors (Lipinski definition) is 0. The maximum Gasteiger partial charge on any atom is 0.142 e. The van der Waals surface area contributed by atoms with E-state index in [1.807, 2.05) is 7.11 Å². The van der Waals surface area contributed by atoms with Gasteiger partial charge >= 0.3 is 0 Å². The summed E-state index contributed by atoms with van der Waals surface area (Å²) < 4.78 is 11.6. The van der Waals surface area contributed by atoms with E-state index in [0.717, 1.165) is 51.1 Å². The molecule has 0 bridgehead atoms. The van der Waals surface area contributed by atoms with Crippen molar-refractivity contribution in [3.8, 4) is 5.75 Å². The van der Waals surface area contributed by atoms with Crippen LogP contribution in [0.4, 0.5) is 11.4 Å². The summed E-state index contributed by atoms with van der Waals surface area (Å²) in [5, 5.41) is 0. The Kier molecular flexibility index (Phi) is 8.68. The van der Waals surface area contributed by atoms with Crippen molar-refractivity contribution in [1.29, 1.82) is 0 Å². The van der Waals surface area contributed by atoms with Gasteiger partial charge < -0.3 is 19.3 Å². The Morgan fingerprint density at radius 2 is 1.53 bits per heavy atom. The predicted molar refractivity (Wildman–Crippen MR) is 144 cm³/mol. The molecule has 0 unspecified atom stereocenters. The standard InChI is InChI=1S/C29H49N3O2/c1-6-7-12-30-13-15-31(16-14-30)26-22-27(32-17-19-34-20-18-32)28(33-5)21-25(26)23-8-10-24(11-9-23)29(2,3)4/h21-24H,6-20H2,1-5H3. The van der Waals surface area contributed by atoms with Crippen molar-refractivity contribution in [1.82, 2.24) is 4.90 Å². The number of nitrogens with zero attached hydrogens (tertiary/aromatic N) is 3. The molecule has 3 fully saturated rings. The zero-order valence-electron chi connectivity index (χ0n) is 22.6. The van der Waals surface area contributed by atoms with Crippen LogP contribution in [-0.4, -0.2) is 71.0 Å². The molecule has 1 saturated carbocycles. The molecule has 0 radical (unpaired) electrons. The molecule has 5 heteroatoms. The number of piperazine rings is 1. The van der Waals surface area contributed by atoms with Gasteiger partial charge in [0.25, 0.3) is 0 Å². The lowest BCUT2D eigenvalue weighted by Crippen LogP contribution is -2.47. The fraction of sp³-hybridized carbons (Fsp3) is 0.793. The Morgan fingerprint density at radius 3 is 2.12 bits per heavy atom. The van der Waals surface area contributed by atoms with Crippen LogP contribution in [0.5, 0.6) is 5.75 Å². The molecular weight excluding hydrogens is 422 g/mol. The first kappa shape index (κ1) is 25.6. The monoisotopic (exact) mass is 471 g/mol. The van der Waals surface area contributed by atoms with Crippen LogP contribution in [0.3, 0.4) is 0 Å². The summed E-state index contributed by atoms with van der Waals surface area (Å²) in [4.78, 5) is 7.79. The van der Waals surface area contributed by atoms with Crippen molar-refractivity contribution in [2.45, 2.75) is 72.1 Å². The number of methoxy groups -OCH3 is 1. The van der Waals surface area contributed by atoms with Crippen LogP contribution in [0.25, 0.3) is 0 Å². The van der Waals surface area contributed by atoms with Gasteiger partial charge in [-0.2, -0.15) is 0 Å². The number of morpholine rings is 1. The second kappa shape index (κ2) is 11.5. The molecule has 0 N–H and O–H groups in total. The van der Waals surface area contributed by atoms with Gasteiger partial charge in [-0.3, -0.25) is 4.90 Å². The first-order valence-corrected chi connectivity index (χ1v) is 13.9. The van der Waals surface area contributed by atoms with Gasteiger partial charge in [-0.05, 0) is 73.6 Å². The molecule has 2 saturated heterocycles. The molecule has 0 atom stereocenters. The molecule has 1 aromatic carbocycles. The third kappa shape index (κ3) is 6.02. The predicted octanol–water partition coefficient (Wildman–Crippen LogP) is 5.77. The van der Waals surface area contributed by atoms with Crippen molar-refractivity contribution in [3.05, 3.63) is 17.7 Å². The molecule has 2 aliphatic heterocycles. The molecule has 1 aromatic rings. The number of benzene rings is 1. The summed E-state index contributed by atoms with van der Waals surface area (Å²) in [6.45, 7) is 18.9. The van der Waals surface area contributed by atoms with Crippen LogP contribution in [0.2, 0.25) is 0 Å².